The van der Waals surface area contributed by atoms with E-state index < -0.39 is 0 Å². The van der Waals surface area contributed by atoms with Crippen molar-refractivity contribution >= 4 is 45.1 Å². The fraction of sp³-hybridized carbons (Fsp3) is 0.100. The number of carbonyl (C=O) groups excluding carboxylic acids is 1. The Morgan fingerprint density at radius 1 is 1.35 bits per heavy atom. The standard InChI is InChI=1S/C20H17ClN2O2S/c1-3-12-23-17-10-9-15(25-2)13-18(17)26-20(23)22-19(24)11-8-14-6-4-5-7-16(14)21/h3-11,13H,1,12H2,2H3. The molecule has 1 heterocycles. The molecule has 0 spiro atoms. The van der Waals surface area contributed by atoms with Crippen molar-refractivity contribution in [1.82, 2.24) is 4.57 Å². The Labute approximate surface area is 160 Å². The molecule has 0 saturated heterocycles. The van der Waals surface area contributed by atoms with Crippen LogP contribution in [0, 0.1) is 0 Å². The van der Waals surface area contributed by atoms with E-state index in [0.717, 1.165) is 21.5 Å². The number of halogens is 1. The number of amides is 1. The molecule has 26 heavy (non-hydrogen) atoms. The summed E-state index contributed by atoms with van der Waals surface area (Å²) in [7, 11) is 1.63. The summed E-state index contributed by atoms with van der Waals surface area (Å²) in [5.74, 6) is 0.419. The summed E-state index contributed by atoms with van der Waals surface area (Å²) in [6.45, 7) is 4.35. The average Bonchev–Trinajstić information content (AvgIpc) is 2.97. The summed E-state index contributed by atoms with van der Waals surface area (Å²) in [6.07, 6.45) is 4.87. The highest BCUT2D eigenvalue weighted by atomic mass is 35.5. The number of nitrogens with zero attached hydrogens (tertiary/aromatic N) is 2. The summed E-state index contributed by atoms with van der Waals surface area (Å²) in [5, 5.41) is 0.590. The van der Waals surface area contributed by atoms with Gasteiger partial charge in [-0.25, -0.2) is 0 Å². The maximum atomic E-state index is 12.3. The first kappa shape index (κ1) is 18.2. The zero-order valence-corrected chi connectivity index (χ0v) is 15.8. The second kappa shape index (κ2) is 8.17. The normalized spacial score (nSPS) is 12.0. The van der Waals surface area contributed by atoms with Gasteiger partial charge in [-0.1, -0.05) is 47.2 Å². The van der Waals surface area contributed by atoms with Crippen LogP contribution in [0.4, 0.5) is 0 Å². The first-order valence-corrected chi connectivity index (χ1v) is 9.11. The van der Waals surface area contributed by atoms with Gasteiger partial charge in [0.2, 0.25) is 0 Å². The predicted molar refractivity (Wildman–Crippen MR) is 108 cm³/mol. The van der Waals surface area contributed by atoms with Gasteiger partial charge in [-0.15, -0.1) is 6.58 Å². The summed E-state index contributed by atoms with van der Waals surface area (Å²) in [6, 6.07) is 13.1. The van der Waals surface area contributed by atoms with Crippen LogP contribution in [0.1, 0.15) is 5.56 Å². The van der Waals surface area contributed by atoms with Crippen molar-refractivity contribution in [3.63, 3.8) is 0 Å². The molecule has 1 aromatic heterocycles. The minimum Gasteiger partial charge on any atom is -0.497 e. The van der Waals surface area contributed by atoms with Crippen LogP contribution in [-0.2, 0) is 11.3 Å². The van der Waals surface area contributed by atoms with Gasteiger partial charge in [-0.3, -0.25) is 4.79 Å². The third-order valence-corrected chi connectivity index (χ3v) is 5.10. The molecule has 0 unspecified atom stereocenters. The quantitative estimate of drug-likeness (QED) is 0.473. The highest BCUT2D eigenvalue weighted by Gasteiger charge is 2.07. The van der Waals surface area contributed by atoms with E-state index in [0.29, 0.717) is 16.4 Å². The Hall–Kier alpha value is -2.63. The fourth-order valence-electron chi connectivity index (χ4n) is 2.47. The molecule has 4 nitrogen and oxygen atoms in total. The zero-order valence-electron chi connectivity index (χ0n) is 14.2. The van der Waals surface area contributed by atoms with Crippen LogP contribution in [0.15, 0.2) is 66.2 Å². The molecular weight excluding hydrogens is 368 g/mol. The maximum Gasteiger partial charge on any atom is 0.272 e. The second-order valence-corrected chi connectivity index (χ2v) is 6.84. The lowest BCUT2D eigenvalue weighted by molar-refractivity contribution is -0.113. The second-order valence-electron chi connectivity index (χ2n) is 5.42. The molecule has 2 aromatic carbocycles. The van der Waals surface area contributed by atoms with Crippen molar-refractivity contribution in [2.24, 2.45) is 4.99 Å². The number of methoxy groups -OCH3 is 1. The molecule has 0 N–H and O–H groups in total. The number of carbonyl (C=O) groups is 1. The monoisotopic (exact) mass is 384 g/mol. The molecule has 132 valence electrons. The Morgan fingerprint density at radius 3 is 2.88 bits per heavy atom. The fourth-order valence-corrected chi connectivity index (χ4v) is 3.75. The number of hydrogen-bond donors (Lipinski definition) is 0. The third kappa shape index (κ3) is 3.95. The van der Waals surface area contributed by atoms with E-state index in [-0.39, 0.29) is 5.91 Å². The average molecular weight is 385 g/mol. The van der Waals surface area contributed by atoms with Gasteiger partial charge >= 0.3 is 0 Å². The van der Waals surface area contributed by atoms with E-state index in [9.17, 15) is 4.79 Å². The third-order valence-electron chi connectivity index (χ3n) is 3.72. The van der Waals surface area contributed by atoms with Gasteiger partial charge in [0, 0.05) is 17.6 Å². The number of aromatic nitrogens is 1. The first-order valence-electron chi connectivity index (χ1n) is 7.92. The number of fused-ring (bicyclic) bond motifs is 1. The molecule has 0 saturated carbocycles. The van der Waals surface area contributed by atoms with Gasteiger partial charge in [0.1, 0.15) is 5.75 Å². The highest BCUT2D eigenvalue weighted by Crippen LogP contribution is 2.23. The molecule has 0 radical (unpaired) electrons. The van der Waals surface area contributed by atoms with Crippen LogP contribution < -0.4 is 9.54 Å². The number of ether oxygens (including phenoxy) is 1. The van der Waals surface area contributed by atoms with Gasteiger partial charge in [-0.2, -0.15) is 4.99 Å². The molecule has 0 atom stereocenters. The Kier molecular flexibility index (Phi) is 5.71. The summed E-state index contributed by atoms with van der Waals surface area (Å²) in [5.41, 5.74) is 1.76. The van der Waals surface area contributed by atoms with Crippen LogP contribution in [-0.4, -0.2) is 17.6 Å². The lowest BCUT2D eigenvalue weighted by Gasteiger charge is -2.02. The van der Waals surface area contributed by atoms with Crippen molar-refractivity contribution in [1.29, 1.82) is 0 Å². The first-order chi connectivity index (χ1) is 12.6. The lowest BCUT2D eigenvalue weighted by atomic mass is 10.2. The van der Waals surface area contributed by atoms with E-state index in [2.05, 4.69) is 11.6 Å². The number of allylic oxidation sites excluding steroid dienone is 1. The van der Waals surface area contributed by atoms with Crippen LogP contribution >= 0.6 is 22.9 Å². The molecule has 0 aliphatic rings. The Morgan fingerprint density at radius 2 is 2.15 bits per heavy atom. The largest absolute Gasteiger partial charge is 0.497 e. The van der Waals surface area contributed by atoms with Crippen molar-refractivity contribution < 1.29 is 9.53 Å². The minimum absolute atomic E-state index is 0.346. The van der Waals surface area contributed by atoms with Crippen molar-refractivity contribution in [2.45, 2.75) is 6.54 Å². The molecule has 0 aliphatic carbocycles. The topological polar surface area (TPSA) is 43.6 Å². The van der Waals surface area contributed by atoms with Gasteiger partial charge in [0.05, 0.1) is 17.3 Å². The molecule has 6 heteroatoms. The van der Waals surface area contributed by atoms with Crippen LogP contribution in [0.5, 0.6) is 5.75 Å². The van der Waals surface area contributed by atoms with Gasteiger partial charge in [0.25, 0.3) is 5.91 Å². The van der Waals surface area contributed by atoms with Crippen LogP contribution in [0.25, 0.3) is 16.3 Å². The Balaban J connectivity index is 2.00. The van der Waals surface area contributed by atoms with E-state index in [4.69, 9.17) is 16.3 Å². The van der Waals surface area contributed by atoms with E-state index in [1.54, 1.807) is 25.3 Å². The number of rotatable bonds is 5. The van der Waals surface area contributed by atoms with E-state index in [1.807, 2.05) is 41.0 Å². The number of benzene rings is 2. The van der Waals surface area contributed by atoms with E-state index in [1.165, 1.54) is 17.4 Å². The SMILES string of the molecule is C=CCn1c(=NC(=O)C=Cc2ccccc2Cl)sc2cc(OC)ccc21. The van der Waals surface area contributed by atoms with Gasteiger partial charge < -0.3 is 9.30 Å². The molecule has 3 rings (SSSR count). The molecule has 0 fully saturated rings. The van der Waals surface area contributed by atoms with E-state index >= 15 is 0 Å². The highest BCUT2D eigenvalue weighted by molar-refractivity contribution is 7.16. The zero-order chi connectivity index (χ0) is 18.5. The molecular formula is C20H17ClN2O2S. The van der Waals surface area contributed by atoms with Crippen LogP contribution in [0.2, 0.25) is 5.02 Å². The summed E-state index contributed by atoms with van der Waals surface area (Å²) in [4.78, 5) is 17.2. The summed E-state index contributed by atoms with van der Waals surface area (Å²) >= 11 is 7.53. The number of thiazole rings is 1. The molecule has 3 aromatic rings. The lowest BCUT2D eigenvalue weighted by Crippen LogP contribution is -2.15. The van der Waals surface area contributed by atoms with Gasteiger partial charge in [-0.05, 0) is 35.9 Å². The predicted octanol–water partition coefficient (Wildman–Crippen LogP) is 4.69. The molecule has 1 amide bonds. The minimum atomic E-state index is -0.346. The summed E-state index contributed by atoms with van der Waals surface area (Å²) < 4.78 is 8.21. The molecule has 0 aliphatic heterocycles. The molecule has 0 bridgehead atoms. The maximum absolute atomic E-state index is 12.3. The smallest absolute Gasteiger partial charge is 0.272 e. The van der Waals surface area contributed by atoms with Crippen molar-refractivity contribution in [3.8, 4) is 5.75 Å². The number of hydrogen-bond acceptors (Lipinski definition) is 3. The van der Waals surface area contributed by atoms with Crippen LogP contribution in [0.3, 0.4) is 0 Å². The van der Waals surface area contributed by atoms with Gasteiger partial charge in [0.15, 0.2) is 4.80 Å². The van der Waals surface area contributed by atoms with Crippen molar-refractivity contribution in [2.75, 3.05) is 7.11 Å². The Bertz CT molecular complexity index is 1060. The van der Waals surface area contributed by atoms with Crippen molar-refractivity contribution in [3.05, 3.63) is 76.6 Å².